The first-order chi connectivity index (χ1) is 18.2. The summed E-state index contributed by atoms with van der Waals surface area (Å²) in [5.41, 5.74) is 1.84. The van der Waals surface area contributed by atoms with Crippen LogP contribution in [0.3, 0.4) is 0 Å². The van der Waals surface area contributed by atoms with Crippen molar-refractivity contribution < 1.29 is 32.3 Å². The highest BCUT2D eigenvalue weighted by Gasteiger charge is 2.29. The summed E-state index contributed by atoms with van der Waals surface area (Å²) in [5.74, 6) is -1.11. The number of thiophene rings is 1. The molecule has 0 spiro atoms. The molecule has 1 aromatic carbocycles. The molecule has 10 nitrogen and oxygen atoms in total. The molecule has 0 unspecified atom stereocenters. The lowest BCUT2D eigenvalue weighted by molar-refractivity contribution is -0.115. The second-order valence-electron chi connectivity index (χ2n) is 8.38. The summed E-state index contributed by atoms with van der Waals surface area (Å²) in [6.07, 6.45) is 7.84. The number of hydrogen-bond donors (Lipinski definition) is 1. The lowest BCUT2D eigenvalue weighted by atomic mass is 10.1. The first kappa shape index (κ1) is 27.6. The second kappa shape index (κ2) is 11.5. The standard InChI is InChI=1S/C25H25N3O7S3/c1-4-11-28-17-10-9-15(34-3)12-19(17)37-25(28)27-21(30)14-38(32,33)13-20(29)26-23-22(24(31)35-5-2)16-7-6-8-18(16)36-23/h1,9-10,12H,5-8,11,13-14H2,2-3H3,(H,26,29). The molecule has 1 aliphatic carbocycles. The van der Waals surface area contributed by atoms with Gasteiger partial charge in [0, 0.05) is 4.88 Å². The molecular weight excluding hydrogens is 550 g/mol. The minimum atomic E-state index is -4.16. The van der Waals surface area contributed by atoms with Crippen LogP contribution in [-0.4, -0.2) is 56.0 Å². The molecule has 1 N–H and O–H groups in total. The van der Waals surface area contributed by atoms with Gasteiger partial charge in [0.05, 0.1) is 36.0 Å². The lowest BCUT2D eigenvalue weighted by Gasteiger charge is -2.08. The highest BCUT2D eigenvalue weighted by molar-refractivity contribution is 7.92. The second-order valence-corrected chi connectivity index (χ2v) is 12.6. The number of fused-ring (bicyclic) bond motifs is 2. The van der Waals surface area contributed by atoms with Gasteiger partial charge in [0.25, 0.3) is 5.91 Å². The van der Waals surface area contributed by atoms with Gasteiger partial charge in [-0.2, -0.15) is 4.99 Å². The van der Waals surface area contributed by atoms with Crippen LogP contribution >= 0.6 is 22.7 Å². The van der Waals surface area contributed by atoms with Crippen molar-refractivity contribution in [3.8, 4) is 18.1 Å². The zero-order valence-electron chi connectivity index (χ0n) is 20.7. The zero-order valence-corrected chi connectivity index (χ0v) is 23.2. The number of carbonyl (C=O) groups excluding carboxylic acids is 3. The van der Waals surface area contributed by atoms with E-state index in [1.165, 1.54) is 29.8 Å². The molecule has 4 rings (SSSR count). The third-order valence-corrected chi connectivity index (χ3v) is 9.35. The van der Waals surface area contributed by atoms with Crippen LogP contribution in [0.15, 0.2) is 23.2 Å². The first-order valence-corrected chi connectivity index (χ1v) is 15.1. The maximum absolute atomic E-state index is 12.7. The van der Waals surface area contributed by atoms with Crippen molar-refractivity contribution >= 4 is 65.5 Å². The Bertz CT molecular complexity index is 1640. The minimum absolute atomic E-state index is 0.126. The summed E-state index contributed by atoms with van der Waals surface area (Å²) >= 11 is 2.41. The number of carbonyl (C=O) groups is 3. The van der Waals surface area contributed by atoms with Crippen molar-refractivity contribution in [2.45, 2.75) is 32.7 Å². The number of hydrogen-bond acceptors (Lipinski definition) is 9. The summed E-state index contributed by atoms with van der Waals surface area (Å²) in [4.78, 5) is 42.9. The smallest absolute Gasteiger partial charge is 0.341 e. The maximum Gasteiger partial charge on any atom is 0.341 e. The van der Waals surface area contributed by atoms with Crippen molar-refractivity contribution in [1.82, 2.24) is 4.57 Å². The maximum atomic E-state index is 12.7. The van der Waals surface area contributed by atoms with Gasteiger partial charge < -0.3 is 19.4 Å². The SMILES string of the molecule is C#CCn1c(=NC(=O)CS(=O)(=O)CC(=O)Nc2sc3c(c2C(=O)OCC)CCC3)sc2cc(OC)ccc21. The molecule has 200 valence electrons. The van der Waals surface area contributed by atoms with Crippen LogP contribution in [0.1, 0.15) is 34.1 Å². The number of ether oxygens (including phenoxy) is 2. The molecule has 38 heavy (non-hydrogen) atoms. The molecular formula is C25H25N3O7S3. The number of terminal acetylenes is 1. The van der Waals surface area contributed by atoms with Crippen LogP contribution in [-0.2, 0) is 43.5 Å². The van der Waals surface area contributed by atoms with Gasteiger partial charge in [0.2, 0.25) is 5.91 Å². The van der Waals surface area contributed by atoms with E-state index in [4.69, 9.17) is 15.9 Å². The summed E-state index contributed by atoms with van der Waals surface area (Å²) < 4.78 is 38.1. The Morgan fingerprint density at radius 3 is 2.71 bits per heavy atom. The lowest BCUT2D eigenvalue weighted by Crippen LogP contribution is -2.28. The number of sulfone groups is 1. The number of nitrogens with zero attached hydrogens (tertiary/aromatic N) is 2. The topological polar surface area (TPSA) is 133 Å². The van der Waals surface area contributed by atoms with Gasteiger partial charge in [0.1, 0.15) is 22.3 Å². The Labute approximate surface area is 227 Å². The van der Waals surface area contributed by atoms with Gasteiger partial charge in [-0.25, -0.2) is 13.2 Å². The van der Waals surface area contributed by atoms with E-state index in [1.807, 2.05) is 0 Å². The number of aryl methyl sites for hydroxylation is 1. The molecule has 0 fully saturated rings. The van der Waals surface area contributed by atoms with E-state index in [2.05, 4.69) is 16.2 Å². The number of amides is 2. The predicted octanol–water partition coefficient (Wildman–Crippen LogP) is 2.55. The molecule has 13 heteroatoms. The van der Waals surface area contributed by atoms with Gasteiger partial charge in [-0.05, 0) is 49.9 Å². The highest BCUT2D eigenvalue weighted by Crippen LogP contribution is 2.39. The van der Waals surface area contributed by atoms with E-state index in [-0.39, 0.29) is 28.5 Å². The zero-order chi connectivity index (χ0) is 27.4. The largest absolute Gasteiger partial charge is 0.497 e. The van der Waals surface area contributed by atoms with Crippen LogP contribution in [0.5, 0.6) is 5.75 Å². The van der Waals surface area contributed by atoms with Gasteiger partial charge >= 0.3 is 5.97 Å². The van der Waals surface area contributed by atoms with Crippen LogP contribution in [0, 0.1) is 12.3 Å². The third-order valence-electron chi connectivity index (χ3n) is 5.71. The third kappa shape index (κ3) is 5.98. The number of anilines is 1. The molecule has 0 saturated heterocycles. The summed E-state index contributed by atoms with van der Waals surface area (Å²) in [6.45, 7) is 1.98. The van der Waals surface area contributed by atoms with Crippen LogP contribution in [0.4, 0.5) is 5.00 Å². The Morgan fingerprint density at radius 2 is 2.00 bits per heavy atom. The summed E-state index contributed by atoms with van der Waals surface area (Å²) in [5, 5.41) is 2.80. The van der Waals surface area contributed by atoms with E-state index < -0.39 is 39.1 Å². The molecule has 0 atom stereocenters. The Hall–Kier alpha value is -3.47. The van der Waals surface area contributed by atoms with E-state index in [0.717, 1.165) is 33.5 Å². The van der Waals surface area contributed by atoms with Gasteiger partial charge in [-0.3, -0.25) is 9.59 Å². The van der Waals surface area contributed by atoms with Crippen molar-refractivity contribution in [3.05, 3.63) is 39.0 Å². The van der Waals surface area contributed by atoms with Crippen LogP contribution in [0.25, 0.3) is 10.2 Å². The van der Waals surface area contributed by atoms with Crippen molar-refractivity contribution in [2.75, 3.05) is 30.5 Å². The summed E-state index contributed by atoms with van der Waals surface area (Å²) in [6, 6.07) is 5.28. The fraction of sp³-hybridized carbons (Fsp3) is 0.360. The molecule has 0 bridgehead atoms. The van der Waals surface area contributed by atoms with E-state index >= 15 is 0 Å². The Balaban J connectivity index is 1.50. The fourth-order valence-electron chi connectivity index (χ4n) is 4.16. The highest BCUT2D eigenvalue weighted by atomic mass is 32.2. The molecule has 3 aromatic rings. The molecule has 2 aromatic heterocycles. The van der Waals surface area contributed by atoms with Crippen LogP contribution < -0.4 is 14.9 Å². The van der Waals surface area contributed by atoms with E-state index in [9.17, 15) is 22.8 Å². The Kier molecular flexibility index (Phi) is 8.35. The average Bonchev–Trinajstić information content (AvgIpc) is 3.51. The van der Waals surface area contributed by atoms with E-state index in [0.29, 0.717) is 12.2 Å². The van der Waals surface area contributed by atoms with Gasteiger partial charge in [0.15, 0.2) is 14.6 Å². The molecule has 2 amide bonds. The van der Waals surface area contributed by atoms with Gasteiger partial charge in [-0.1, -0.05) is 17.3 Å². The van der Waals surface area contributed by atoms with Crippen molar-refractivity contribution in [3.63, 3.8) is 0 Å². The number of nitrogens with one attached hydrogen (secondary N) is 1. The molecule has 0 radical (unpaired) electrons. The molecule has 0 saturated carbocycles. The average molecular weight is 576 g/mol. The van der Waals surface area contributed by atoms with Crippen molar-refractivity contribution in [2.24, 2.45) is 4.99 Å². The Morgan fingerprint density at radius 1 is 1.21 bits per heavy atom. The van der Waals surface area contributed by atoms with E-state index in [1.54, 1.807) is 29.7 Å². The molecule has 1 aliphatic rings. The monoisotopic (exact) mass is 575 g/mol. The number of thiazole rings is 1. The van der Waals surface area contributed by atoms with Crippen LogP contribution in [0.2, 0.25) is 0 Å². The minimum Gasteiger partial charge on any atom is -0.497 e. The number of benzene rings is 1. The normalized spacial score (nSPS) is 13.2. The molecule has 0 aliphatic heterocycles. The predicted molar refractivity (Wildman–Crippen MR) is 145 cm³/mol. The quantitative estimate of drug-likeness (QED) is 0.306. The first-order valence-electron chi connectivity index (χ1n) is 11.7. The van der Waals surface area contributed by atoms with Crippen molar-refractivity contribution in [1.29, 1.82) is 0 Å². The number of rotatable bonds is 9. The summed E-state index contributed by atoms with van der Waals surface area (Å²) in [7, 11) is -2.63. The number of aromatic nitrogens is 1. The number of methoxy groups -OCH3 is 1. The fourth-order valence-corrected chi connectivity index (χ4v) is 7.55. The number of esters is 1. The van der Waals surface area contributed by atoms with Gasteiger partial charge in [-0.15, -0.1) is 17.8 Å². The molecule has 2 heterocycles.